The van der Waals surface area contributed by atoms with Crippen molar-refractivity contribution in [3.8, 4) is 0 Å². The second-order valence-corrected chi connectivity index (χ2v) is 9.54. The lowest BCUT2D eigenvalue weighted by Gasteiger charge is -2.38. The van der Waals surface area contributed by atoms with Crippen molar-refractivity contribution in [2.75, 3.05) is 23.3 Å². The van der Waals surface area contributed by atoms with E-state index in [-0.39, 0.29) is 24.0 Å². The van der Waals surface area contributed by atoms with E-state index in [2.05, 4.69) is 15.3 Å². The average Bonchev–Trinajstić information content (AvgIpc) is 2.78. The van der Waals surface area contributed by atoms with Gasteiger partial charge >= 0.3 is 6.18 Å². The van der Waals surface area contributed by atoms with E-state index < -0.39 is 23.2 Å². The SMILES string of the molecule is C[C@]1(O)CCCN(c2nc(Nc3ccc(SCc4ccccc4)cc3F)ncc2C(F)(F)F)C1. The molecule has 2 heterocycles. The Hall–Kier alpha value is -2.85. The van der Waals surface area contributed by atoms with Gasteiger partial charge in [0.1, 0.15) is 17.2 Å². The molecule has 1 aromatic heterocycles. The number of β-amino-alcohol motifs (C(OH)–C–C–N with tert-alkyl or cyclic N) is 1. The Morgan fingerprint density at radius 1 is 1.18 bits per heavy atom. The van der Waals surface area contributed by atoms with Crippen molar-refractivity contribution in [2.45, 2.75) is 42.2 Å². The first-order chi connectivity index (χ1) is 16.1. The van der Waals surface area contributed by atoms with Crippen LogP contribution in [0.1, 0.15) is 30.9 Å². The van der Waals surface area contributed by atoms with E-state index in [0.29, 0.717) is 31.3 Å². The van der Waals surface area contributed by atoms with Crippen LogP contribution in [0.25, 0.3) is 0 Å². The van der Waals surface area contributed by atoms with Crippen LogP contribution in [0.5, 0.6) is 0 Å². The van der Waals surface area contributed by atoms with Crippen LogP contribution in [0.15, 0.2) is 59.6 Å². The summed E-state index contributed by atoms with van der Waals surface area (Å²) in [7, 11) is 0. The summed E-state index contributed by atoms with van der Waals surface area (Å²) < 4.78 is 55.6. The van der Waals surface area contributed by atoms with Gasteiger partial charge in [-0.15, -0.1) is 11.8 Å². The number of benzene rings is 2. The molecule has 0 unspecified atom stereocenters. The number of aromatic nitrogens is 2. The number of nitrogens with one attached hydrogen (secondary N) is 1. The third-order valence-corrected chi connectivity index (χ3v) is 6.55. The third kappa shape index (κ3) is 5.98. The number of aliphatic hydroxyl groups is 1. The largest absolute Gasteiger partial charge is 0.421 e. The molecule has 0 saturated carbocycles. The molecule has 0 bridgehead atoms. The first-order valence-electron chi connectivity index (χ1n) is 10.8. The lowest BCUT2D eigenvalue weighted by molar-refractivity contribution is -0.137. The summed E-state index contributed by atoms with van der Waals surface area (Å²) in [6.07, 6.45) is -2.97. The van der Waals surface area contributed by atoms with Crippen molar-refractivity contribution in [3.05, 3.63) is 71.7 Å². The lowest BCUT2D eigenvalue weighted by atomic mass is 9.95. The molecular weight excluding hydrogens is 468 g/mol. The smallest absolute Gasteiger partial charge is 0.388 e. The highest BCUT2D eigenvalue weighted by Crippen LogP contribution is 2.38. The van der Waals surface area contributed by atoms with Crippen LogP contribution in [0.3, 0.4) is 0 Å². The lowest BCUT2D eigenvalue weighted by Crippen LogP contribution is -2.47. The van der Waals surface area contributed by atoms with E-state index in [1.54, 1.807) is 13.0 Å². The van der Waals surface area contributed by atoms with Crippen molar-refractivity contribution in [3.63, 3.8) is 0 Å². The van der Waals surface area contributed by atoms with Crippen molar-refractivity contribution in [1.82, 2.24) is 9.97 Å². The minimum Gasteiger partial charge on any atom is -0.388 e. The van der Waals surface area contributed by atoms with Crippen LogP contribution in [-0.2, 0) is 11.9 Å². The quantitative estimate of drug-likeness (QED) is 0.324. The second-order valence-electron chi connectivity index (χ2n) is 8.49. The zero-order valence-electron chi connectivity index (χ0n) is 18.4. The maximum Gasteiger partial charge on any atom is 0.421 e. The Balaban J connectivity index is 1.54. The van der Waals surface area contributed by atoms with Crippen LogP contribution in [-0.4, -0.2) is 33.8 Å². The number of rotatable bonds is 6. The van der Waals surface area contributed by atoms with Crippen LogP contribution in [0.4, 0.5) is 35.0 Å². The van der Waals surface area contributed by atoms with E-state index in [1.807, 2.05) is 30.3 Å². The van der Waals surface area contributed by atoms with Gasteiger partial charge in [0.25, 0.3) is 0 Å². The fourth-order valence-electron chi connectivity index (χ4n) is 3.82. The first kappa shape index (κ1) is 24.3. The summed E-state index contributed by atoms with van der Waals surface area (Å²) in [4.78, 5) is 9.95. The van der Waals surface area contributed by atoms with Gasteiger partial charge in [0.15, 0.2) is 0 Å². The molecule has 1 fully saturated rings. The first-order valence-corrected chi connectivity index (χ1v) is 11.7. The summed E-state index contributed by atoms with van der Waals surface area (Å²) >= 11 is 1.47. The molecule has 3 aromatic rings. The third-order valence-electron chi connectivity index (χ3n) is 5.48. The Morgan fingerprint density at radius 3 is 2.62 bits per heavy atom. The van der Waals surface area contributed by atoms with E-state index in [4.69, 9.17) is 0 Å². The molecule has 180 valence electrons. The molecule has 2 aromatic carbocycles. The van der Waals surface area contributed by atoms with Crippen molar-refractivity contribution in [1.29, 1.82) is 0 Å². The Bertz CT molecular complexity index is 1140. The highest BCUT2D eigenvalue weighted by molar-refractivity contribution is 7.98. The fourth-order valence-corrected chi connectivity index (χ4v) is 4.70. The summed E-state index contributed by atoms with van der Waals surface area (Å²) in [5.74, 6) is -0.376. The van der Waals surface area contributed by atoms with Crippen molar-refractivity contribution >= 4 is 29.2 Å². The van der Waals surface area contributed by atoms with Crippen molar-refractivity contribution in [2.24, 2.45) is 0 Å². The number of hydrogen-bond acceptors (Lipinski definition) is 6. The summed E-state index contributed by atoms with van der Waals surface area (Å²) in [6.45, 7) is 1.91. The molecule has 1 aliphatic rings. The van der Waals surface area contributed by atoms with Gasteiger partial charge in [-0.3, -0.25) is 0 Å². The Labute approximate surface area is 199 Å². The average molecular weight is 493 g/mol. The molecule has 1 atom stereocenters. The highest BCUT2D eigenvalue weighted by Gasteiger charge is 2.39. The normalized spacial score (nSPS) is 18.7. The molecule has 10 heteroatoms. The van der Waals surface area contributed by atoms with Crippen LogP contribution in [0, 0.1) is 5.82 Å². The zero-order valence-corrected chi connectivity index (χ0v) is 19.3. The van der Waals surface area contributed by atoms with Gasteiger partial charge in [0.2, 0.25) is 5.95 Å². The van der Waals surface area contributed by atoms with Crippen molar-refractivity contribution < 1.29 is 22.7 Å². The van der Waals surface area contributed by atoms with Gasteiger partial charge in [-0.2, -0.15) is 18.2 Å². The molecule has 0 amide bonds. The molecule has 4 rings (SSSR count). The number of thioether (sulfide) groups is 1. The molecule has 0 radical (unpaired) electrons. The predicted octanol–water partition coefficient (Wildman–Crippen LogP) is 6.02. The van der Waals surface area contributed by atoms with Crippen LogP contribution < -0.4 is 10.2 Å². The molecule has 1 aliphatic heterocycles. The van der Waals surface area contributed by atoms with Gasteiger partial charge in [-0.25, -0.2) is 9.37 Å². The second kappa shape index (κ2) is 9.79. The minimum atomic E-state index is -4.67. The summed E-state index contributed by atoms with van der Waals surface area (Å²) in [6, 6.07) is 14.4. The minimum absolute atomic E-state index is 0.00816. The number of hydrogen-bond donors (Lipinski definition) is 2. The zero-order chi connectivity index (χ0) is 24.3. The number of nitrogens with zero attached hydrogens (tertiary/aromatic N) is 3. The molecule has 5 nitrogen and oxygen atoms in total. The molecular formula is C24H24F4N4OS. The van der Waals surface area contributed by atoms with E-state index >= 15 is 0 Å². The van der Waals surface area contributed by atoms with E-state index in [0.717, 1.165) is 10.5 Å². The predicted molar refractivity (Wildman–Crippen MR) is 125 cm³/mol. The molecule has 34 heavy (non-hydrogen) atoms. The maximum absolute atomic E-state index is 14.7. The molecule has 0 spiro atoms. The number of halogens is 4. The number of alkyl halides is 3. The summed E-state index contributed by atoms with van der Waals surface area (Å²) in [5.41, 5.74) is -0.958. The monoisotopic (exact) mass is 492 g/mol. The molecule has 1 saturated heterocycles. The topological polar surface area (TPSA) is 61.3 Å². The number of piperidine rings is 1. The standard InChI is InChI=1S/C24H24F4N4OS/c1-23(33)10-5-11-32(15-23)21-18(24(26,27)28)13-29-22(31-21)30-20-9-8-17(12-19(20)25)34-14-16-6-3-2-4-7-16/h2-4,6-9,12-13,33H,5,10-11,14-15H2,1H3,(H,29,30,31)/t23-/m0/s1. The Morgan fingerprint density at radius 2 is 1.94 bits per heavy atom. The highest BCUT2D eigenvalue weighted by atomic mass is 32.2. The van der Waals surface area contributed by atoms with Gasteiger partial charge in [-0.1, -0.05) is 30.3 Å². The summed E-state index contributed by atoms with van der Waals surface area (Å²) in [5, 5.41) is 13.0. The van der Waals surface area contributed by atoms with Crippen LogP contribution >= 0.6 is 11.8 Å². The van der Waals surface area contributed by atoms with Gasteiger partial charge in [-0.05, 0) is 43.5 Å². The number of anilines is 3. The van der Waals surface area contributed by atoms with Crippen LogP contribution in [0.2, 0.25) is 0 Å². The van der Waals surface area contributed by atoms with Gasteiger partial charge in [0.05, 0.1) is 11.3 Å². The van der Waals surface area contributed by atoms with E-state index in [1.165, 1.54) is 28.8 Å². The van der Waals surface area contributed by atoms with Gasteiger partial charge < -0.3 is 15.3 Å². The maximum atomic E-state index is 14.7. The molecule has 0 aliphatic carbocycles. The fraction of sp³-hybridized carbons (Fsp3) is 0.333. The Kier molecular flexibility index (Phi) is 6.99. The van der Waals surface area contributed by atoms with Gasteiger partial charge in [0, 0.05) is 29.9 Å². The molecule has 2 N–H and O–H groups in total. The van der Waals surface area contributed by atoms with E-state index in [9.17, 15) is 22.7 Å².